The number of ether oxygens (including phenoxy) is 1. The van der Waals surface area contributed by atoms with E-state index < -0.39 is 5.60 Å². The molecule has 0 fully saturated rings. The number of nitrogens with zero attached hydrogens (tertiary/aromatic N) is 1. The monoisotopic (exact) mass is 201 g/mol. The second-order valence-electron chi connectivity index (χ2n) is 4.06. The molecule has 1 aliphatic rings. The van der Waals surface area contributed by atoms with Crippen molar-refractivity contribution in [3.05, 3.63) is 35.4 Å². The summed E-state index contributed by atoms with van der Waals surface area (Å²) in [6.45, 7) is 3.73. The van der Waals surface area contributed by atoms with Gasteiger partial charge in [-0.25, -0.2) is 0 Å². The quantitative estimate of drug-likeness (QED) is 0.702. The summed E-state index contributed by atoms with van der Waals surface area (Å²) in [5, 5.41) is 18.5. The third-order valence-electron chi connectivity index (χ3n) is 2.24. The fourth-order valence-corrected chi connectivity index (χ4v) is 1.61. The van der Waals surface area contributed by atoms with Crippen LogP contribution in [0.1, 0.15) is 25.0 Å². The number of hydrogen-bond donors (Lipinski definition) is 1. The van der Waals surface area contributed by atoms with Crippen LogP contribution in [0.3, 0.4) is 0 Å². The van der Waals surface area contributed by atoms with Gasteiger partial charge in [-0.05, 0) is 32.0 Å². The zero-order valence-electron chi connectivity index (χ0n) is 8.61. The summed E-state index contributed by atoms with van der Waals surface area (Å²) < 4.78 is 5.64. The van der Waals surface area contributed by atoms with E-state index in [0.717, 1.165) is 0 Å². The van der Waals surface area contributed by atoms with Gasteiger partial charge in [-0.2, -0.15) is 5.26 Å². The van der Waals surface area contributed by atoms with Gasteiger partial charge in [0.25, 0.3) is 0 Å². The topological polar surface area (TPSA) is 53.2 Å². The molecule has 1 aromatic rings. The van der Waals surface area contributed by atoms with Crippen LogP contribution in [0.25, 0.3) is 5.76 Å². The molecule has 76 valence electrons. The van der Waals surface area contributed by atoms with E-state index in [1.165, 1.54) is 0 Å². The first-order chi connectivity index (χ1) is 7.02. The molecule has 0 radical (unpaired) electrons. The lowest BCUT2D eigenvalue weighted by Crippen LogP contribution is -2.28. The zero-order valence-corrected chi connectivity index (χ0v) is 8.61. The van der Waals surface area contributed by atoms with E-state index in [0.29, 0.717) is 16.9 Å². The van der Waals surface area contributed by atoms with Gasteiger partial charge in [0.15, 0.2) is 0 Å². The molecular formula is C12H11NO2. The molecule has 1 aliphatic heterocycles. The molecule has 0 amide bonds. The van der Waals surface area contributed by atoms with Crippen molar-refractivity contribution in [2.24, 2.45) is 0 Å². The Balaban J connectivity index is 2.57. The summed E-state index contributed by atoms with van der Waals surface area (Å²) in [6.07, 6.45) is 1.64. The van der Waals surface area contributed by atoms with Crippen LogP contribution in [0.4, 0.5) is 0 Å². The molecule has 15 heavy (non-hydrogen) atoms. The van der Waals surface area contributed by atoms with E-state index in [1.54, 1.807) is 24.3 Å². The molecule has 0 saturated carbocycles. The van der Waals surface area contributed by atoms with Gasteiger partial charge in [0, 0.05) is 6.08 Å². The maximum absolute atomic E-state index is 9.79. The SMILES string of the molecule is CC1(C)C=C(O)c2cc(C#N)ccc2O1. The second kappa shape index (κ2) is 3.03. The number of aliphatic hydroxyl groups is 1. The van der Waals surface area contributed by atoms with Crippen molar-refractivity contribution in [1.29, 1.82) is 5.26 Å². The molecule has 0 aromatic heterocycles. The average Bonchev–Trinajstić information content (AvgIpc) is 2.15. The Morgan fingerprint density at radius 2 is 2.13 bits per heavy atom. The number of hydrogen-bond acceptors (Lipinski definition) is 3. The molecule has 0 spiro atoms. The summed E-state index contributed by atoms with van der Waals surface area (Å²) in [6, 6.07) is 7.03. The third kappa shape index (κ3) is 1.66. The Morgan fingerprint density at radius 3 is 2.80 bits per heavy atom. The van der Waals surface area contributed by atoms with Crippen molar-refractivity contribution in [3.8, 4) is 11.8 Å². The highest BCUT2D eigenvalue weighted by Gasteiger charge is 2.26. The minimum Gasteiger partial charge on any atom is -0.507 e. The van der Waals surface area contributed by atoms with Gasteiger partial charge in [0.1, 0.15) is 17.1 Å². The van der Waals surface area contributed by atoms with E-state index in [1.807, 2.05) is 19.9 Å². The standard InChI is InChI=1S/C12H11NO2/c1-12(2)6-10(14)9-5-8(7-13)3-4-11(9)15-12/h3-6,14H,1-2H3. The lowest BCUT2D eigenvalue weighted by Gasteiger charge is -2.29. The van der Waals surface area contributed by atoms with E-state index in [9.17, 15) is 5.11 Å². The van der Waals surface area contributed by atoms with Crippen molar-refractivity contribution in [1.82, 2.24) is 0 Å². The van der Waals surface area contributed by atoms with Crippen LogP contribution >= 0.6 is 0 Å². The van der Waals surface area contributed by atoms with E-state index in [4.69, 9.17) is 10.00 Å². The fraction of sp³-hybridized carbons (Fsp3) is 0.250. The van der Waals surface area contributed by atoms with E-state index in [2.05, 4.69) is 0 Å². The normalized spacial score (nSPS) is 17.0. The van der Waals surface area contributed by atoms with Crippen LogP contribution in [0.2, 0.25) is 0 Å². The molecule has 1 heterocycles. The summed E-state index contributed by atoms with van der Waals surface area (Å²) in [4.78, 5) is 0. The Morgan fingerprint density at radius 1 is 1.40 bits per heavy atom. The maximum Gasteiger partial charge on any atom is 0.131 e. The summed E-state index contributed by atoms with van der Waals surface area (Å²) in [5.74, 6) is 0.775. The first-order valence-corrected chi connectivity index (χ1v) is 4.67. The van der Waals surface area contributed by atoms with Gasteiger partial charge >= 0.3 is 0 Å². The van der Waals surface area contributed by atoms with Crippen molar-refractivity contribution >= 4 is 5.76 Å². The Bertz CT molecular complexity index is 481. The lowest BCUT2D eigenvalue weighted by atomic mass is 9.99. The summed E-state index contributed by atoms with van der Waals surface area (Å²) in [7, 11) is 0. The maximum atomic E-state index is 9.79. The molecule has 0 saturated heterocycles. The van der Waals surface area contributed by atoms with Crippen molar-refractivity contribution < 1.29 is 9.84 Å². The van der Waals surface area contributed by atoms with Crippen LogP contribution in [0, 0.1) is 11.3 Å². The van der Waals surface area contributed by atoms with Gasteiger partial charge in [0.2, 0.25) is 0 Å². The number of nitriles is 1. The van der Waals surface area contributed by atoms with Crippen LogP contribution < -0.4 is 4.74 Å². The highest BCUT2D eigenvalue weighted by molar-refractivity contribution is 5.69. The largest absolute Gasteiger partial charge is 0.507 e. The number of benzene rings is 1. The number of rotatable bonds is 0. The summed E-state index contributed by atoms with van der Waals surface area (Å²) >= 11 is 0. The van der Waals surface area contributed by atoms with Crippen molar-refractivity contribution in [2.75, 3.05) is 0 Å². The van der Waals surface area contributed by atoms with Crippen LogP contribution in [0.5, 0.6) is 5.75 Å². The molecule has 0 aliphatic carbocycles. The van der Waals surface area contributed by atoms with Crippen LogP contribution in [-0.2, 0) is 0 Å². The fourth-order valence-electron chi connectivity index (χ4n) is 1.61. The van der Waals surface area contributed by atoms with Gasteiger partial charge in [-0.3, -0.25) is 0 Å². The van der Waals surface area contributed by atoms with Gasteiger partial charge in [0.05, 0.1) is 17.2 Å². The first-order valence-electron chi connectivity index (χ1n) is 4.67. The Kier molecular flexibility index (Phi) is 1.94. The predicted molar refractivity (Wildman–Crippen MR) is 56.5 cm³/mol. The highest BCUT2D eigenvalue weighted by atomic mass is 16.5. The Labute approximate surface area is 88.2 Å². The molecule has 3 nitrogen and oxygen atoms in total. The molecule has 0 atom stereocenters. The first kappa shape index (κ1) is 9.60. The zero-order chi connectivity index (χ0) is 11.1. The van der Waals surface area contributed by atoms with Gasteiger partial charge in [-0.15, -0.1) is 0 Å². The van der Waals surface area contributed by atoms with Gasteiger partial charge in [-0.1, -0.05) is 0 Å². The minimum atomic E-state index is -0.509. The molecular weight excluding hydrogens is 190 g/mol. The number of aliphatic hydroxyl groups excluding tert-OH is 1. The summed E-state index contributed by atoms with van der Waals surface area (Å²) in [5.41, 5.74) is 0.580. The highest BCUT2D eigenvalue weighted by Crippen LogP contribution is 2.34. The number of fused-ring (bicyclic) bond motifs is 1. The van der Waals surface area contributed by atoms with Gasteiger partial charge < -0.3 is 9.84 Å². The van der Waals surface area contributed by atoms with Crippen molar-refractivity contribution in [3.63, 3.8) is 0 Å². The lowest BCUT2D eigenvalue weighted by molar-refractivity contribution is 0.154. The predicted octanol–water partition coefficient (Wildman–Crippen LogP) is 2.63. The van der Waals surface area contributed by atoms with E-state index >= 15 is 0 Å². The second-order valence-corrected chi connectivity index (χ2v) is 4.06. The minimum absolute atomic E-state index is 0.165. The molecule has 2 rings (SSSR count). The molecule has 0 unspecified atom stereocenters. The smallest absolute Gasteiger partial charge is 0.131 e. The van der Waals surface area contributed by atoms with Crippen molar-refractivity contribution in [2.45, 2.75) is 19.4 Å². The molecule has 1 aromatic carbocycles. The molecule has 3 heteroatoms. The van der Waals surface area contributed by atoms with Crippen LogP contribution in [0.15, 0.2) is 24.3 Å². The van der Waals surface area contributed by atoms with Crippen LogP contribution in [-0.4, -0.2) is 10.7 Å². The molecule has 0 bridgehead atoms. The molecule has 1 N–H and O–H groups in total. The third-order valence-corrected chi connectivity index (χ3v) is 2.24. The average molecular weight is 201 g/mol. The van der Waals surface area contributed by atoms with E-state index in [-0.39, 0.29) is 5.76 Å². The Hall–Kier alpha value is -1.95.